The molecule has 1 saturated carbocycles. The van der Waals surface area contributed by atoms with Crippen molar-refractivity contribution in [1.82, 2.24) is 5.32 Å². The molecule has 0 saturated heterocycles. The average Bonchev–Trinajstić information content (AvgIpc) is 2.77. The summed E-state index contributed by atoms with van der Waals surface area (Å²) in [7, 11) is 2.11. The van der Waals surface area contributed by atoms with Gasteiger partial charge in [-0.05, 0) is 55.2 Å². The van der Waals surface area contributed by atoms with Gasteiger partial charge in [-0.15, -0.1) is 11.3 Å². The van der Waals surface area contributed by atoms with Crippen molar-refractivity contribution in [3.63, 3.8) is 0 Å². The Bertz CT molecular complexity index is 353. The fourth-order valence-corrected chi connectivity index (χ4v) is 4.29. The van der Waals surface area contributed by atoms with Crippen LogP contribution in [0.25, 0.3) is 0 Å². The van der Waals surface area contributed by atoms with Gasteiger partial charge in [-0.3, -0.25) is 0 Å². The van der Waals surface area contributed by atoms with E-state index >= 15 is 0 Å². The molecule has 0 bridgehead atoms. The molecular formula is C14H23NS. The van der Waals surface area contributed by atoms with Crippen LogP contribution in [0.15, 0.2) is 11.4 Å². The topological polar surface area (TPSA) is 12.0 Å². The van der Waals surface area contributed by atoms with E-state index in [2.05, 4.69) is 44.6 Å². The molecule has 2 atom stereocenters. The molecule has 0 amide bonds. The highest BCUT2D eigenvalue weighted by molar-refractivity contribution is 7.10. The molecule has 1 heterocycles. The van der Waals surface area contributed by atoms with Crippen molar-refractivity contribution in [2.24, 2.45) is 11.3 Å². The van der Waals surface area contributed by atoms with Gasteiger partial charge < -0.3 is 5.32 Å². The molecule has 1 N–H and O–H groups in total. The minimum atomic E-state index is 0.490. The standard InChI is InChI=1S/C14H23NS/c1-10-7-9-16-13(10)12(15-4)11-6-5-8-14(11,2)3/h7,9,11-12,15H,5-6,8H2,1-4H3. The van der Waals surface area contributed by atoms with E-state index in [4.69, 9.17) is 0 Å². The molecule has 16 heavy (non-hydrogen) atoms. The van der Waals surface area contributed by atoms with Gasteiger partial charge in [0.2, 0.25) is 0 Å². The monoisotopic (exact) mass is 237 g/mol. The first-order valence-electron chi connectivity index (χ1n) is 6.27. The summed E-state index contributed by atoms with van der Waals surface area (Å²) in [5.41, 5.74) is 1.94. The summed E-state index contributed by atoms with van der Waals surface area (Å²) in [6.45, 7) is 7.09. The Labute approximate surface area is 103 Å². The Morgan fingerprint density at radius 2 is 2.25 bits per heavy atom. The summed E-state index contributed by atoms with van der Waals surface area (Å²) in [5, 5.41) is 5.77. The van der Waals surface area contributed by atoms with Crippen LogP contribution in [0.4, 0.5) is 0 Å². The van der Waals surface area contributed by atoms with Gasteiger partial charge in [-0.1, -0.05) is 20.3 Å². The molecule has 0 aromatic carbocycles. The van der Waals surface area contributed by atoms with Crippen LogP contribution in [-0.2, 0) is 0 Å². The molecule has 1 nitrogen and oxygen atoms in total. The number of nitrogens with one attached hydrogen (secondary N) is 1. The second-order valence-electron chi connectivity index (χ2n) is 5.72. The van der Waals surface area contributed by atoms with E-state index in [-0.39, 0.29) is 0 Å². The van der Waals surface area contributed by atoms with Crippen LogP contribution in [0.2, 0.25) is 0 Å². The van der Waals surface area contributed by atoms with E-state index in [9.17, 15) is 0 Å². The Hall–Kier alpha value is -0.340. The molecular weight excluding hydrogens is 214 g/mol. The Morgan fingerprint density at radius 1 is 1.50 bits per heavy atom. The molecule has 1 fully saturated rings. The first kappa shape index (κ1) is 12.1. The highest BCUT2D eigenvalue weighted by Crippen LogP contribution is 2.49. The van der Waals surface area contributed by atoms with Crippen molar-refractivity contribution >= 4 is 11.3 Å². The molecule has 0 spiro atoms. The van der Waals surface area contributed by atoms with Crippen molar-refractivity contribution < 1.29 is 0 Å². The molecule has 2 unspecified atom stereocenters. The SMILES string of the molecule is CNC(c1sccc1C)C1CCCC1(C)C. The first-order valence-corrected chi connectivity index (χ1v) is 7.15. The van der Waals surface area contributed by atoms with E-state index in [1.54, 1.807) is 4.88 Å². The van der Waals surface area contributed by atoms with E-state index in [0.717, 1.165) is 5.92 Å². The summed E-state index contributed by atoms with van der Waals surface area (Å²) >= 11 is 1.91. The summed E-state index contributed by atoms with van der Waals surface area (Å²) in [6, 6.07) is 2.80. The first-order chi connectivity index (χ1) is 7.56. The fraction of sp³-hybridized carbons (Fsp3) is 0.714. The Kier molecular flexibility index (Phi) is 3.41. The van der Waals surface area contributed by atoms with Crippen molar-refractivity contribution in [3.05, 3.63) is 21.9 Å². The zero-order valence-corrected chi connectivity index (χ0v) is 11.7. The summed E-state index contributed by atoms with van der Waals surface area (Å²) < 4.78 is 0. The predicted molar refractivity (Wildman–Crippen MR) is 72.0 cm³/mol. The lowest BCUT2D eigenvalue weighted by Crippen LogP contribution is -2.31. The van der Waals surface area contributed by atoms with Gasteiger partial charge in [0.1, 0.15) is 0 Å². The Balaban J connectivity index is 2.27. The second kappa shape index (κ2) is 4.50. The number of hydrogen-bond donors (Lipinski definition) is 1. The quantitative estimate of drug-likeness (QED) is 0.833. The molecule has 1 aliphatic carbocycles. The van der Waals surface area contributed by atoms with Gasteiger partial charge in [0.25, 0.3) is 0 Å². The largest absolute Gasteiger partial charge is 0.312 e. The van der Waals surface area contributed by atoms with Crippen molar-refractivity contribution in [3.8, 4) is 0 Å². The van der Waals surface area contributed by atoms with Gasteiger partial charge in [-0.2, -0.15) is 0 Å². The maximum Gasteiger partial charge on any atom is 0.0448 e. The molecule has 0 radical (unpaired) electrons. The third-order valence-electron chi connectivity index (χ3n) is 4.24. The lowest BCUT2D eigenvalue weighted by molar-refractivity contribution is 0.205. The maximum atomic E-state index is 3.55. The second-order valence-corrected chi connectivity index (χ2v) is 6.67. The Morgan fingerprint density at radius 3 is 2.69 bits per heavy atom. The lowest BCUT2D eigenvalue weighted by Gasteiger charge is -2.34. The van der Waals surface area contributed by atoms with E-state index in [0.29, 0.717) is 11.5 Å². The minimum Gasteiger partial charge on any atom is -0.312 e. The smallest absolute Gasteiger partial charge is 0.0448 e. The highest BCUT2D eigenvalue weighted by Gasteiger charge is 2.40. The fourth-order valence-electron chi connectivity index (χ4n) is 3.19. The molecule has 1 aromatic heterocycles. The zero-order valence-electron chi connectivity index (χ0n) is 10.8. The molecule has 1 aliphatic rings. The zero-order chi connectivity index (χ0) is 11.8. The molecule has 2 rings (SSSR count). The minimum absolute atomic E-state index is 0.490. The van der Waals surface area contributed by atoms with Crippen LogP contribution in [-0.4, -0.2) is 7.05 Å². The summed E-state index contributed by atoms with van der Waals surface area (Å²) in [4.78, 5) is 1.54. The van der Waals surface area contributed by atoms with Crippen LogP contribution in [0.1, 0.15) is 49.6 Å². The molecule has 2 heteroatoms. The van der Waals surface area contributed by atoms with Crippen LogP contribution < -0.4 is 5.32 Å². The van der Waals surface area contributed by atoms with Crippen molar-refractivity contribution in [1.29, 1.82) is 0 Å². The highest BCUT2D eigenvalue weighted by atomic mass is 32.1. The van der Waals surface area contributed by atoms with Crippen molar-refractivity contribution in [2.75, 3.05) is 7.05 Å². The number of rotatable bonds is 3. The normalized spacial score (nSPS) is 25.9. The number of aryl methyl sites for hydroxylation is 1. The van der Waals surface area contributed by atoms with Gasteiger partial charge in [0, 0.05) is 10.9 Å². The van der Waals surface area contributed by atoms with E-state index < -0.39 is 0 Å². The van der Waals surface area contributed by atoms with Crippen LogP contribution in [0.3, 0.4) is 0 Å². The van der Waals surface area contributed by atoms with Crippen LogP contribution in [0.5, 0.6) is 0 Å². The molecule has 90 valence electrons. The average molecular weight is 237 g/mol. The summed E-state index contributed by atoms with van der Waals surface area (Å²) in [5.74, 6) is 0.787. The van der Waals surface area contributed by atoms with Crippen LogP contribution in [0, 0.1) is 18.3 Å². The maximum absolute atomic E-state index is 3.55. The van der Waals surface area contributed by atoms with Crippen LogP contribution >= 0.6 is 11.3 Å². The third-order valence-corrected chi connectivity index (χ3v) is 5.34. The van der Waals surface area contributed by atoms with Gasteiger partial charge in [0.05, 0.1) is 0 Å². The van der Waals surface area contributed by atoms with Crippen molar-refractivity contribution in [2.45, 2.75) is 46.1 Å². The number of hydrogen-bond acceptors (Lipinski definition) is 2. The van der Waals surface area contributed by atoms with Gasteiger partial charge >= 0.3 is 0 Å². The van der Waals surface area contributed by atoms with Gasteiger partial charge in [-0.25, -0.2) is 0 Å². The lowest BCUT2D eigenvalue weighted by atomic mass is 9.76. The number of thiophene rings is 1. The van der Waals surface area contributed by atoms with E-state index in [1.807, 2.05) is 11.3 Å². The predicted octanol–water partition coefficient (Wildman–Crippen LogP) is 4.14. The van der Waals surface area contributed by atoms with Gasteiger partial charge in [0.15, 0.2) is 0 Å². The third kappa shape index (κ3) is 2.05. The van der Waals surface area contributed by atoms with E-state index in [1.165, 1.54) is 24.8 Å². The molecule has 0 aliphatic heterocycles. The summed E-state index contributed by atoms with van der Waals surface area (Å²) in [6.07, 6.45) is 4.14. The molecule has 1 aromatic rings.